The fourth-order valence-electron chi connectivity index (χ4n) is 8.76. The normalized spacial score (nSPS) is 14.8. The van der Waals surface area contributed by atoms with Crippen LogP contribution >= 0.6 is 12.6 Å². The summed E-state index contributed by atoms with van der Waals surface area (Å²) in [6.07, 6.45) is 2.74. The first kappa shape index (κ1) is 72.8. The number of H-pyrrole nitrogens is 1. The summed E-state index contributed by atoms with van der Waals surface area (Å²) in [5, 5.41) is 51.3. The van der Waals surface area contributed by atoms with Crippen molar-refractivity contribution in [3.05, 3.63) is 90.0 Å². The largest absolute Gasteiger partial charge is 0.481 e. The van der Waals surface area contributed by atoms with Gasteiger partial charge in [0.25, 0.3) is 0 Å². The zero-order valence-corrected chi connectivity index (χ0v) is 50.3. The van der Waals surface area contributed by atoms with Crippen LogP contribution in [0, 0.1) is 11.8 Å². The molecule has 11 atom stereocenters. The molecule has 0 bridgehead atoms. The van der Waals surface area contributed by atoms with Crippen LogP contribution in [0.2, 0.25) is 0 Å². The molecule has 17 N–H and O–H groups in total. The molecule has 87 heavy (non-hydrogen) atoms. The third kappa shape index (κ3) is 26.4. The van der Waals surface area contributed by atoms with Crippen molar-refractivity contribution in [1.29, 1.82) is 0 Å². The molecule has 0 aliphatic rings. The number of carbonyl (C=O) groups is 12. The number of carbonyl (C=O) groups excluding carboxylic acids is 10. The quantitative estimate of drug-likeness (QED) is 0.0228. The maximum atomic E-state index is 14.5. The van der Waals surface area contributed by atoms with Crippen LogP contribution in [0.5, 0.6) is 0 Å². The Balaban J connectivity index is 1.89. The topological polar surface area (TPSA) is 455 Å². The van der Waals surface area contributed by atoms with Gasteiger partial charge in [-0.3, -0.25) is 57.5 Å². The van der Waals surface area contributed by atoms with E-state index in [9.17, 15) is 67.7 Å². The zero-order chi connectivity index (χ0) is 64.6. The lowest BCUT2D eigenvalue weighted by Gasteiger charge is -2.30. The van der Waals surface area contributed by atoms with E-state index < -0.39 is 163 Å². The number of hydrogen-bond acceptors (Lipinski definition) is 16. The minimum absolute atomic E-state index is 0.0197. The molecule has 1 heterocycles. The third-order valence-corrected chi connectivity index (χ3v) is 14.7. The van der Waals surface area contributed by atoms with E-state index >= 15 is 0 Å². The summed E-state index contributed by atoms with van der Waals surface area (Å²) >= 11 is 4.30. The summed E-state index contributed by atoms with van der Waals surface area (Å²) in [6.45, 7) is 6.16. The van der Waals surface area contributed by atoms with Crippen molar-refractivity contribution in [2.75, 3.05) is 18.9 Å². The Bertz CT molecular complexity index is 2750. The highest BCUT2D eigenvalue weighted by molar-refractivity contribution is 7.80. The molecule has 0 fully saturated rings. The van der Waals surface area contributed by atoms with Gasteiger partial charge in [0.05, 0.1) is 12.9 Å². The summed E-state index contributed by atoms with van der Waals surface area (Å²) in [6, 6.07) is 4.45. The highest BCUT2D eigenvalue weighted by Gasteiger charge is 2.37. The van der Waals surface area contributed by atoms with Crippen LogP contribution in [-0.2, 0) is 76.8 Å². The van der Waals surface area contributed by atoms with Crippen LogP contribution in [0.25, 0.3) is 0 Å². The van der Waals surface area contributed by atoms with E-state index in [0.717, 1.165) is 0 Å². The lowest BCUT2D eigenvalue weighted by atomic mass is 9.95. The Morgan fingerprint density at radius 1 is 0.529 bits per heavy atom. The number of nitrogens with two attached hydrogens (primary N) is 2. The molecule has 0 aliphatic heterocycles. The van der Waals surface area contributed by atoms with Gasteiger partial charge in [-0.1, -0.05) is 108 Å². The number of nitrogens with zero attached hydrogens (tertiary/aromatic N) is 1. The van der Waals surface area contributed by atoms with Crippen LogP contribution in [0.3, 0.4) is 0 Å². The summed E-state index contributed by atoms with van der Waals surface area (Å²) in [5.74, 6) is -12.5. The van der Waals surface area contributed by atoms with E-state index in [0.29, 0.717) is 42.5 Å². The summed E-state index contributed by atoms with van der Waals surface area (Å²) < 4.78 is 0. The van der Waals surface area contributed by atoms with Crippen molar-refractivity contribution in [2.24, 2.45) is 23.3 Å². The van der Waals surface area contributed by atoms with Crippen molar-refractivity contribution in [3.8, 4) is 0 Å². The first-order chi connectivity index (χ1) is 41.4. The number of nitrogens with one attached hydrogen (secondary N) is 10. The number of unbranched alkanes of at least 4 members (excludes halogenated alkanes) is 2. The Hall–Kier alpha value is -8.44. The number of rotatable bonds is 41. The van der Waals surface area contributed by atoms with Crippen LogP contribution in [0.1, 0.15) is 109 Å². The molecular weight excluding hydrogens is 1150 g/mol. The maximum Gasteiger partial charge on any atom is 0.303 e. The fraction of sp³-hybridized carbons (Fsp3) is 0.534. The Kier molecular flexibility index (Phi) is 32.3. The lowest BCUT2D eigenvalue weighted by Crippen LogP contribution is -2.62. The summed E-state index contributed by atoms with van der Waals surface area (Å²) in [5.41, 5.74) is 12.8. The second kappa shape index (κ2) is 38.6. The van der Waals surface area contributed by atoms with Gasteiger partial charge in [-0.2, -0.15) is 12.6 Å². The third-order valence-electron chi connectivity index (χ3n) is 14.3. The van der Waals surface area contributed by atoms with Crippen molar-refractivity contribution in [3.63, 3.8) is 0 Å². The number of aromatic amines is 1. The monoisotopic (exact) mass is 1240 g/mol. The fourth-order valence-corrected chi connectivity index (χ4v) is 9.01. The number of carboxylic acids is 2. The van der Waals surface area contributed by atoms with Gasteiger partial charge in [0.1, 0.15) is 54.4 Å². The molecule has 28 nitrogen and oxygen atoms in total. The van der Waals surface area contributed by atoms with E-state index in [1.54, 1.807) is 88.4 Å². The highest BCUT2D eigenvalue weighted by Crippen LogP contribution is 2.15. The molecule has 1 aromatic heterocycles. The Labute approximate surface area is 510 Å². The number of imidazole rings is 1. The zero-order valence-electron chi connectivity index (χ0n) is 49.4. The molecule has 29 heteroatoms. The van der Waals surface area contributed by atoms with Crippen molar-refractivity contribution < 1.29 is 72.9 Å². The van der Waals surface area contributed by atoms with Gasteiger partial charge in [0.2, 0.25) is 59.1 Å². The average molecular weight is 1240 g/mol. The number of aliphatic carboxylic acids is 2. The van der Waals surface area contributed by atoms with Gasteiger partial charge in [-0.15, -0.1) is 0 Å². The molecule has 0 saturated carbocycles. The van der Waals surface area contributed by atoms with E-state index in [1.807, 2.05) is 0 Å². The number of aliphatic hydroxyl groups excluding tert-OH is 1. The number of aliphatic hydroxyl groups is 1. The van der Waals surface area contributed by atoms with Crippen LogP contribution < -0.4 is 59.3 Å². The summed E-state index contributed by atoms with van der Waals surface area (Å²) in [4.78, 5) is 168. The SMILES string of the molecule is CC[C@H](C)[C@H](NC(=O)[C@H](CCC(N)=O)NC(=O)[C@@H](NC(=O)[C@H](CS)NC(=O)[C@H](Cc1ccccc1)NC(=O)[C@H](CCC(=O)O)NC(=O)[C@@H](N)CO)[C@@H](C)CC)C(=O)N[C@@H](Cc1cnc[nH]1)C(=O)N[C@@H](Cc1ccccc1)C(=O)NCCCCCC(=O)O. The molecule has 0 unspecified atom stereocenters. The lowest BCUT2D eigenvalue weighted by molar-refractivity contribution is -0.139. The molecule has 0 aliphatic carbocycles. The minimum atomic E-state index is -1.56. The van der Waals surface area contributed by atoms with Crippen molar-refractivity contribution in [1.82, 2.24) is 57.8 Å². The van der Waals surface area contributed by atoms with Gasteiger partial charge in [-0.05, 0) is 48.6 Å². The van der Waals surface area contributed by atoms with E-state index in [2.05, 4.69) is 70.4 Å². The number of hydrogen-bond donors (Lipinski definition) is 16. The Morgan fingerprint density at radius 2 is 0.954 bits per heavy atom. The van der Waals surface area contributed by atoms with Crippen molar-refractivity contribution in [2.45, 2.75) is 166 Å². The standard InChI is InChI=1S/C58H85N13O15S/c1-5-33(3)48(71-56(84)44(31-87)69-54(82)42(27-36-18-12-8-13-19-36)67-52(80)40(22-24-47(76)77)64-50(78)38(59)30-72)57(85)65-39(21-23-45(60)73)53(81)70-49(34(4)6-2)58(86)68-43(28-37-29-61-32-63-37)55(83)66-41(26-35-16-10-7-11-17-35)51(79)62-25-15-9-14-20-46(74)75/h7-8,10-13,16-19,29,32-34,38-44,48-49,72,87H,5-6,9,14-15,20-28,30-31,59H2,1-4H3,(H2,60,73)(H,61,63)(H,62,79)(H,64,78)(H,65,85)(H,66,83)(H,67,80)(H,68,86)(H,69,82)(H,70,81)(H,71,84)(H,74,75)(H,76,77)/t33-,34-,38-,39-,40-,41-,42-,43-,44-,48-,49-/m0/s1. The van der Waals surface area contributed by atoms with Gasteiger partial charge in [-0.25, -0.2) is 4.98 Å². The van der Waals surface area contributed by atoms with Gasteiger partial charge in [0.15, 0.2) is 0 Å². The number of primary amides is 1. The molecule has 3 aromatic rings. The number of carboxylic acid groups (broad SMARTS) is 2. The second-order valence-electron chi connectivity index (χ2n) is 21.2. The molecule has 10 amide bonds. The van der Waals surface area contributed by atoms with Crippen molar-refractivity contribution >= 4 is 83.6 Å². The number of benzene rings is 2. The predicted octanol–water partition coefficient (Wildman–Crippen LogP) is -1.45. The van der Waals surface area contributed by atoms with Crippen LogP contribution in [0.4, 0.5) is 0 Å². The minimum Gasteiger partial charge on any atom is -0.481 e. The first-order valence-corrected chi connectivity index (χ1v) is 29.5. The predicted molar refractivity (Wildman–Crippen MR) is 320 cm³/mol. The first-order valence-electron chi connectivity index (χ1n) is 28.9. The van der Waals surface area contributed by atoms with E-state index in [-0.39, 0.29) is 50.8 Å². The molecule has 0 radical (unpaired) electrons. The van der Waals surface area contributed by atoms with Gasteiger partial charge < -0.3 is 79.6 Å². The molecule has 3 rings (SSSR count). The van der Waals surface area contributed by atoms with Gasteiger partial charge >= 0.3 is 11.9 Å². The number of aromatic nitrogens is 2. The number of thiol groups is 1. The molecule has 0 saturated heterocycles. The van der Waals surface area contributed by atoms with E-state index in [1.165, 1.54) is 12.5 Å². The van der Waals surface area contributed by atoms with Crippen LogP contribution in [-0.4, -0.2) is 170 Å². The molecular formula is C58H85N13O15S. The van der Waals surface area contributed by atoms with E-state index in [4.69, 9.17) is 16.6 Å². The maximum absolute atomic E-state index is 14.5. The number of amides is 10. The highest BCUT2D eigenvalue weighted by atomic mass is 32.1. The van der Waals surface area contributed by atoms with Gasteiger partial charge in [0, 0.05) is 62.7 Å². The summed E-state index contributed by atoms with van der Waals surface area (Å²) in [7, 11) is 0. The molecule has 478 valence electrons. The Morgan fingerprint density at radius 3 is 1.41 bits per heavy atom. The molecule has 0 spiro atoms. The molecule has 2 aromatic carbocycles. The van der Waals surface area contributed by atoms with Crippen LogP contribution in [0.15, 0.2) is 73.2 Å². The second-order valence-corrected chi connectivity index (χ2v) is 21.5. The average Bonchev–Trinajstić information content (AvgIpc) is 4.19. The smallest absolute Gasteiger partial charge is 0.303 e.